The first-order valence-corrected chi connectivity index (χ1v) is 3.47. The molecule has 1 fully saturated rings. The van der Waals surface area contributed by atoms with E-state index >= 15 is 0 Å². The first-order valence-electron chi connectivity index (χ1n) is 3.47. The molecule has 0 bridgehead atoms. The number of Topliss-reactive ketones (excluding diaryl/α,β-unsaturated/α-hetero) is 1. The summed E-state index contributed by atoms with van der Waals surface area (Å²) in [5.41, 5.74) is 0. The summed E-state index contributed by atoms with van der Waals surface area (Å²) in [4.78, 5) is 12.9. The highest BCUT2D eigenvalue weighted by molar-refractivity contribution is 5.79. The highest BCUT2D eigenvalue weighted by Gasteiger charge is 2.28. The maximum absolute atomic E-state index is 10.7. The largest absolute Gasteiger partial charge is 0.302 e. The van der Waals surface area contributed by atoms with Crippen LogP contribution in [0.1, 0.15) is 13.8 Å². The van der Waals surface area contributed by atoms with E-state index < -0.39 is 0 Å². The molecule has 1 saturated heterocycles. The van der Waals surface area contributed by atoms with Crippen molar-refractivity contribution in [2.24, 2.45) is 5.92 Å². The number of hydrogen-bond acceptors (Lipinski definition) is 2. The Morgan fingerprint density at radius 2 is 2.22 bits per heavy atom. The van der Waals surface area contributed by atoms with Crippen LogP contribution in [0.4, 0.5) is 0 Å². The van der Waals surface area contributed by atoms with E-state index in [1.54, 1.807) is 6.92 Å². The predicted molar refractivity (Wildman–Crippen MR) is 36.3 cm³/mol. The van der Waals surface area contributed by atoms with E-state index in [0.29, 0.717) is 11.7 Å². The number of likely N-dealkylation sites (tertiary alicyclic amines) is 1. The van der Waals surface area contributed by atoms with Crippen LogP contribution in [-0.4, -0.2) is 30.3 Å². The van der Waals surface area contributed by atoms with Crippen LogP contribution in [0.25, 0.3) is 0 Å². The van der Waals surface area contributed by atoms with Crippen LogP contribution < -0.4 is 0 Å². The smallest absolute Gasteiger partial charge is 0.135 e. The van der Waals surface area contributed by atoms with Crippen LogP contribution in [0.2, 0.25) is 0 Å². The van der Waals surface area contributed by atoms with Crippen LogP contribution in [-0.2, 0) is 4.79 Å². The fourth-order valence-corrected chi connectivity index (χ4v) is 1.09. The quantitative estimate of drug-likeness (QED) is 0.539. The molecule has 2 nitrogen and oxygen atoms in total. The highest BCUT2D eigenvalue weighted by atomic mass is 16.1. The molecule has 0 radical (unpaired) electrons. The normalized spacial score (nSPS) is 21.6. The second-order valence-corrected chi connectivity index (χ2v) is 2.66. The Labute approximate surface area is 55.8 Å². The van der Waals surface area contributed by atoms with E-state index in [4.69, 9.17) is 0 Å². The van der Waals surface area contributed by atoms with Crippen LogP contribution >= 0.6 is 0 Å². The molecule has 0 aromatic heterocycles. The number of nitrogens with zero attached hydrogens (tertiary/aromatic N) is 1. The van der Waals surface area contributed by atoms with E-state index in [9.17, 15) is 4.79 Å². The van der Waals surface area contributed by atoms with Gasteiger partial charge in [-0.1, -0.05) is 6.92 Å². The number of ketones is 1. The highest BCUT2D eigenvalue weighted by Crippen LogP contribution is 2.14. The molecule has 0 aliphatic carbocycles. The van der Waals surface area contributed by atoms with E-state index in [0.717, 1.165) is 19.6 Å². The van der Waals surface area contributed by atoms with Crippen molar-refractivity contribution >= 4 is 5.78 Å². The summed E-state index contributed by atoms with van der Waals surface area (Å²) >= 11 is 0. The molecule has 1 aliphatic rings. The first kappa shape index (κ1) is 6.75. The van der Waals surface area contributed by atoms with Gasteiger partial charge in [-0.05, 0) is 13.5 Å². The van der Waals surface area contributed by atoms with Gasteiger partial charge in [-0.15, -0.1) is 0 Å². The lowest BCUT2D eigenvalue weighted by atomic mass is 9.96. The number of carbonyl (C=O) groups excluding carboxylic acids is 1. The molecule has 0 N–H and O–H groups in total. The molecule has 0 saturated carbocycles. The van der Waals surface area contributed by atoms with E-state index in [1.165, 1.54) is 0 Å². The fraction of sp³-hybridized carbons (Fsp3) is 0.857. The Morgan fingerprint density at radius 3 is 2.56 bits per heavy atom. The van der Waals surface area contributed by atoms with E-state index in [-0.39, 0.29) is 0 Å². The van der Waals surface area contributed by atoms with Gasteiger partial charge in [0.25, 0.3) is 0 Å². The average molecular weight is 127 g/mol. The number of rotatable bonds is 2. The van der Waals surface area contributed by atoms with Crippen LogP contribution in [0, 0.1) is 5.92 Å². The van der Waals surface area contributed by atoms with Crippen LogP contribution in [0.3, 0.4) is 0 Å². The van der Waals surface area contributed by atoms with Gasteiger partial charge in [0.2, 0.25) is 0 Å². The van der Waals surface area contributed by atoms with Crippen molar-refractivity contribution in [3.8, 4) is 0 Å². The molecule has 0 amide bonds. The second kappa shape index (κ2) is 2.48. The van der Waals surface area contributed by atoms with Gasteiger partial charge < -0.3 is 4.90 Å². The molecule has 1 aliphatic heterocycles. The van der Waals surface area contributed by atoms with Gasteiger partial charge in [0.05, 0.1) is 0 Å². The summed E-state index contributed by atoms with van der Waals surface area (Å²) in [6.45, 7) is 6.87. The summed E-state index contributed by atoms with van der Waals surface area (Å²) in [7, 11) is 0. The minimum Gasteiger partial charge on any atom is -0.302 e. The predicted octanol–water partition coefficient (Wildman–Crippen LogP) is 0.527. The Kier molecular flexibility index (Phi) is 1.86. The summed E-state index contributed by atoms with van der Waals surface area (Å²) in [5, 5.41) is 0. The van der Waals surface area contributed by atoms with Gasteiger partial charge >= 0.3 is 0 Å². The molecular formula is C7H13NO. The zero-order valence-corrected chi connectivity index (χ0v) is 6.05. The molecule has 0 spiro atoms. The molecule has 0 aromatic rings. The zero-order chi connectivity index (χ0) is 6.85. The minimum absolute atomic E-state index is 0.347. The summed E-state index contributed by atoms with van der Waals surface area (Å²) in [6, 6.07) is 0. The third-order valence-corrected chi connectivity index (χ3v) is 1.98. The third-order valence-electron chi connectivity index (χ3n) is 1.98. The summed E-state index contributed by atoms with van der Waals surface area (Å²) < 4.78 is 0. The second-order valence-electron chi connectivity index (χ2n) is 2.66. The van der Waals surface area contributed by atoms with Gasteiger partial charge in [0.1, 0.15) is 5.78 Å². The molecular weight excluding hydrogens is 114 g/mol. The van der Waals surface area contributed by atoms with Gasteiger partial charge in [-0.2, -0.15) is 0 Å². The maximum atomic E-state index is 10.7. The maximum Gasteiger partial charge on any atom is 0.135 e. The van der Waals surface area contributed by atoms with Crippen molar-refractivity contribution < 1.29 is 4.79 Å². The molecule has 1 rings (SSSR count). The van der Waals surface area contributed by atoms with Crippen molar-refractivity contribution in [3.63, 3.8) is 0 Å². The minimum atomic E-state index is 0.347. The lowest BCUT2D eigenvalue weighted by Gasteiger charge is -2.36. The summed E-state index contributed by atoms with van der Waals surface area (Å²) in [6.07, 6.45) is 0. The Morgan fingerprint density at radius 1 is 1.67 bits per heavy atom. The lowest BCUT2D eigenvalue weighted by molar-refractivity contribution is -0.125. The van der Waals surface area contributed by atoms with Crippen molar-refractivity contribution in [1.82, 2.24) is 4.90 Å². The Hall–Kier alpha value is -0.370. The van der Waals surface area contributed by atoms with Crippen molar-refractivity contribution in [1.29, 1.82) is 0 Å². The zero-order valence-electron chi connectivity index (χ0n) is 6.05. The molecule has 0 aromatic carbocycles. The van der Waals surface area contributed by atoms with Crippen LogP contribution in [0.15, 0.2) is 0 Å². The molecule has 9 heavy (non-hydrogen) atoms. The topological polar surface area (TPSA) is 20.3 Å². The Bertz CT molecular complexity index is 116. The van der Waals surface area contributed by atoms with Crippen molar-refractivity contribution in [3.05, 3.63) is 0 Å². The summed E-state index contributed by atoms with van der Waals surface area (Å²) in [5.74, 6) is 0.699. The lowest BCUT2D eigenvalue weighted by Crippen LogP contribution is -2.49. The van der Waals surface area contributed by atoms with Gasteiger partial charge in [0, 0.05) is 19.0 Å². The van der Waals surface area contributed by atoms with Gasteiger partial charge in [-0.25, -0.2) is 0 Å². The average Bonchev–Trinajstić information content (AvgIpc) is 1.61. The molecule has 2 heteroatoms. The van der Waals surface area contributed by atoms with Gasteiger partial charge in [-0.3, -0.25) is 4.79 Å². The molecule has 0 unspecified atom stereocenters. The SMILES string of the molecule is CCN1CC(C(C)=O)C1. The van der Waals surface area contributed by atoms with E-state index in [1.807, 2.05) is 0 Å². The van der Waals surface area contributed by atoms with Crippen molar-refractivity contribution in [2.75, 3.05) is 19.6 Å². The number of hydrogen-bond donors (Lipinski definition) is 0. The van der Waals surface area contributed by atoms with Crippen molar-refractivity contribution in [2.45, 2.75) is 13.8 Å². The number of carbonyl (C=O) groups is 1. The van der Waals surface area contributed by atoms with Gasteiger partial charge in [0.15, 0.2) is 0 Å². The first-order chi connectivity index (χ1) is 4.24. The Balaban J connectivity index is 2.19. The monoisotopic (exact) mass is 127 g/mol. The fourth-order valence-electron chi connectivity index (χ4n) is 1.09. The standard InChI is InChI=1S/C7H13NO/c1-3-8-4-7(5-8)6(2)9/h7H,3-5H2,1-2H3. The van der Waals surface area contributed by atoms with E-state index in [2.05, 4.69) is 11.8 Å². The molecule has 52 valence electrons. The molecule has 1 heterocycles. The van der Waals surface area contributed by atoms with Crippen LogP contribution in [0.5, 0.6) is 0 Å². The third kappa shape index (κ3) is 1.30. The molecule has 0 atom stereocenters.